The van der Waals surface area contributed by atoms with Gasteiger partial charge in [0.15, 0.2) is 11.5 Å². The van der Waals surface area contributed by atoms with E-state index < -0.39 is 0 Å². The molecular formula is C23H29FN2O4. The maximum atomic E-state index is 13.7. The summed E-state index contributed by atoms with van der Waals surface area (Å²) in [4.78, 5) is 14.4. The van der Waals surface area contributed by atoms with Gasteiger partial charge >= 0.3 is 0 Å². The maximum absolute atomic E-state index is 13.7. The fourth-order valence-electron chi connectivity index (χ4n) is 3.87. The monoisotopic (exact) mass is 416 g/mol. The van der Waals surface area contributed by atoms with Crippen LogP contribution in [0.15, 0.2) is 36.4 Å². The summed E-state index contributed by atoms with van der Waals surface area (Å²) in [5.41, 5.74) is 1.57. The minimum atomic E-state index is -0.204. The van der Waals surface area contributed by atoms with Gasteiger partial charge < -0.3 is 24.4 Å². The predicted octanol–water partition coefficient (Wildman–Crippen LogP) is 3.52. The third-order valence-corrected chi connectivity index (χ3v) is 5.46. The summed E-state index contributed by atoms with van der Waals surface area (Å²) < 4.78 is 29.9. The van der Waals surface area contributed by atoms with Gasteiger partial charge in [-0.3, -0.25) is 4.79 Å². The molecule has 1 fully saturated rings. The van der Waals surface area contributed by atoms with E-state index in [2.05, 4.69) is 5.32 Å². The highest BCUT2D eigenvalue weighted by atomic mass is 19.1. The van der Waals surface area contributed by atoms with Crippen molar-refractivity contribution in [2.75, 3.05) is 27.9 Å². The van der Waals surface area contributed by atoms with Crippen molar-refractivity contribution in [2.45, 2.75) is 38.4 Å². The molecule has 0 aromatic heterocycles. The fourth-order valence-corrected chi connectivity index (χ4v) is 3.87. The van der Waals surface area contributed by atoms with Crippen molar-refractivity contribution in [2.24, 2.45) is 0 Å². The van der Waals surface area contributed by atoms with Gasteiger partial charge in [-0.25, -0.2) is 4.39 Å². The van der Waals surface area contributed by atoms with E-state index >= 15 is 0 Å². The molecule has 1 amide bonds. The van der Waals surface area contributed by atoms with Gasteiger partial charge in [-0.2, -0.15) is 0 Å². The van der Waals surface area contributed by atoms with Crippen molar-refractivity contribution < 1.29 is 23.4 Å². The molecule has 2 aromatic rings. The number of ether oxygens (including phenoxy) is 3. The van der Waals surface area contributed by atoms with Crippen molar-refractivity contribution in [1.29, 1.82) is 0 Å². The van der Waals surface area contributed by atoms with Crippen molar-refractivity contribution in [1.82, 2.24) is 10.2 Å². The van der Waals surface area contributed by atoms with Gasteiger partial charge in [0.25, 0.3) is 0 Å². The first kappa shape index (κ1) is 21.9. The van der Waals surface area contributed by atoms with Gasteiger partial charge in [-0.1, -0.05) is 18.2 Å². The molecule has 1 heterocycles. The van der Waals surface area contributed by atoms with Crippen LogP contribution in [0.4, 0.5) is 4.39 Å². The number of methoxy groups -OCH3 is 3. The zero-order chi connectivity index (χ0) is 21.5. The average Bonchev–Trinajstić information content (AvgIpc) is 3.10. The van der Waals surface area contributed by atoms with Gasteiger partial charge in [0.2, 0.25) is 11.7 Å². The van der Waals surface area contributed by atoms with Crippen molar-refractivity contribution >= 4 is 5.91 Å². The molecule has 1 aliphatic heterocycles. The first-order valence-corrected chi connectivity index (χ1v) is 10.1. The Labute approximate surface area is 176 Å². The van der Waals surface area contributed by atoms with E-state index in [0.29, 0.717) is 48.9 Å². The molecule has 0 bridgehead atoms. The molecule has 0 unspecified atom stereocenters. The Hall–Kier alpha value is -2.80. The number of rotatable bonds is 10. The Morgan fingerprint density at radius 2 is 1.80 bits per heavy atom. The van der Waals surface area contributed by atoms with Crippen LogP contribution in [-0.4, -0.2) is 44.7 Å². The summed E-state index contributed by atoms with van der Waals surface area (Å²) >= 11 is 0. The third-order valence-electron chi connectivity index (χ3n) is 5.46. The zero-order valence-corrected chi connectivity index (χ0v) is 17.7. The number of nitrogens with one attached hydrogen (secondary N) is 1. The van der Waals surface area contributed by atoms with E-state index in [1.807, 2.05) is 23.1 Å². The van der Waals surface area contributed by atoms with Crippen molar-refractivity contribution in [3.05, 3.63) is 53.3 Å². The first-order chi connectivity index (χ1) is 14.6. The van der Waals surface area contributed by atoms with E-state index in [0.717, 1.165) is 18.4 Å². The molecular weight excluding hydrogens is 387 g/mol. The number of benzene rings is 2. The highest BCUT2D eigenvalue weighted by molar-refractivity contribution is 5.78. The van der Waals surface area contributed by atoms with Crippen LogP contribution in [0.1, 0.15) is 30.4 Å². The number of nitrogens with zero attached hydrogens (tertiary/aromatic N) is 1. The van der Waals surface area contributed by atoms with Crippen LogP contribution >= 0.6 is 0 Å². The number of amides is 1. The lowest BCUT2D eigenvalue weighted by molar-refractivity contribution is -0.129. The smallest absolute Gasteiger partial charge is 0.223 e. The van der Waals surface area contributed by atoms with Crippen LogP contribution in [0.5, 0.6) is 17.2 Å². The molecule has 7 heteroatoms. The van der Waals surface area contributed by atoms with Crippen molar-refractivity contribution in [3.63, 3.8) is 0 Å². The topological polar surface area (TPSA) is 60.0 Å². The second-order valence-corrected chi connectivity index (χ2v) is 7.30. The van der Waals surface area contributed by atoms with Crippen molar-refractivity contribution in [3.8, 4) is 17.2 Å². The summed E-state index contributed by atoms with van der Waals surface area (Å²) in [6.45, 7) is 1.66. The summed E-state index contributed by atoms with van der Waals surface area (Å²) in [6.07, 6.45) is 2.18. The Morgan fingerprint density at radius 3 is 2.43 bits per heavy atom. The van der Waals surface area contributed by atoms with Gasteiger partial charge in [0.05, 0.1) is 21.3 Å². The second kappa shape index (κ2) is 10.3. The lowest BCUT2D eigenvalue weighted by atomic mass is 10.1. The standard InChI is InChI=1S/C23H29FN2O4/c1-28-20-12-16(13-21(29-2)23(20)30-3)15-26-18(8-9-22(26)27)10-11-25-14-17-6-4-5-7-19(17)24/h4-7,12-13,18,25H,8-11,14-15H2,1-3H3/t18-/m0/s1. The van der Waals surface area contributed by atoms with Crippen LogP contribution in [0.2, 0.25) is 0 Å². The van der Waals surface area contributed by atoms with E-state index in [1.165, 1.54) is 6.07 Å². The molecule has 1 N–H and O–H groups in total. The molecule has 0 radical (unpaired) electrons. The van der Waals surface area contributed by atoms with Crippen LogP contribution in [0, 0.1) is 5.82 Å². The molecule has 1 aliphatic rings. The second-order valence-electron chi connectivity index (χ2n) is 7.30. The van der Waals surface area contributed by atoms with Crippen LogP contribution in [0.25, 0.3) is 0 Å². The molecule has 0 spiro atoms. The largest absolute Gasteiger partial charge is 0.493 e. The predicted molar refractivity (Wildman–Crippen MR) is 112 cm³/mol. The normalized spacial score (nSPS) is 16.1. The number of hydrogen-bond acceptors (Lipinski definition) is 5. The lowest BCUT2D eigenvalue weighted by Crippen LogP contribution is -2.34. The fraction of sp³-hybridized carbons (Fsp3) is 0.435. The quantitative estimate of drug-likeness (QED) is 0.601. The van der Waals surface area contributed by atoms with Gasteiger partial charge in [0, 0.05) is 31.1 Å². The van der Waals surface area contributed by atoms with E-state index in [9.17, 15) is 9.18 Å². The van der Waals surface area contributed by atoms with Crippen LogP contribution < -0.4 is 19.5 Å². The van der Waals surface area contributed by atoms with Gasteiger partial charge in [-0.15, -0.1) is 0 Å². The van der Waals surface area contributed by atoms with E-state index in [4.69, 9.17) is 14.2 Å². The highest BCUT2D eigenvalue weighted by Crippen LogP contribution is 2.39. The number of likely N-dealkylation sites (tertiary alicyclic amines) is 1. The molecule has 2 aromatic carbocycles. The summed E-state index contributed by atoms with van der Waals surface area (Å²) in [7, 11) is 4.71. The zero-order valence-electron chi connectivity index (χ0n) is 17.7. The SMILES string of the molecule is COc1cc(CN2C(=O)CC[C@H]2CCNCc2ccccc2F)cc(OC)c1OC. The molecule has 162 valence electrons. The minimum absolute atomic E-state index is 0.142. The van der Waals surface area contributed by atoms with E-state index in [1.54, 1.807) is 33.5 Å². The molecule has 3 rings (SSSR count). The molecule has 1 atom stereocenters. The Bertz CT molecular complexity index is 849. The Kier molecular flexibility index (Phi) is 7.52. The highest BCUT2D eigenvalue weighted by Gasteiger charge is 2.31. The van der Waals surface area contributed by atoms with Crippen LogP contribution in [-0.2, 0) is 17.9 Å². The van der Waals surface area contributed by atoms with Gasteiger partial charge in [-0.05, 0) is 43.1 Å². The lowest BCUT2D eigenvalue weighted by Gasteiger charge is -2.26. The maximum Gasteiger partial charge on any atom is 0.223 e. The molecule has 0 saturated carbocycles. The van der Waals surface area contributed by atoms with Gasteiger partial charge in [0.1, 0.15) is 5.82 Å². The molecule has 1 saturated heterocycles. The first-order valence-electron chi connectivity index (χ1n) is 10.1. The van der Waals surface area contributed by atoms with Crippen LogP contribution in [0.3, 0.4) is 0 Å². The number of carbonyl (C=O) groups excluding carboxylic acids is 1. The Morgan fingerprint density at radius 1 is 1.10 bits per heavy atom. The molecule has 30 heavy (non-hydrogen) atoms. The molecule has 0 aliphatic carbocycles. The average molecular weight is 416 g/mol. The van der Waals surface area contributed by atoms with E-state index in [-0.39, 0.29) is 17.8 Å². The number of hydrogen-bond donors (Lipinski definition) is 1. The minimum Gasteiger partial charge on any atom is -0.493 e. The Balaban J connectivity index is 1.62. The molecule has 6 nitrogen and oxygen atoms in total. The third kappa shape index (κ3) is 5.02. The summed E-state index contributed by atoms with van der Waals surface area (Å²) in [5, 5.41) is 3.29. The number of carbonyl (C=O) groups is 1. The summed E-state index contributed by atoms with van der Waals surface area (Å²) in [5.74, 6) is 1.61. The summed E-state index contributed by atoms with van der Waals surface area (Å²) in [6, 6.07) is 10.6. The number of halogens is 1.